The third-order valence-electron chi connectivity index (χ3n) is 5.78. The van der Waals surface area contributed by atoms with Crippen LogP contribution in [0.15, 0.2) is 35.7 Å². The molecule has 3 rings (SSSR count). The van der Waals surface area contributed by atoms with Gasteiger partial charge in [0.05, 0.1) is 11.0 Å². The number of aromatic nitrogens is 2. The summed E-state index contributed by atoms with van der Waals surface area (Å²) in [6, 6.07) is 9.99. The van der Waals surface area contributed by atoms with E-state index in [1.54, 1.807) is 11.3 Å². The van der Waals surface area contributed by atoms with Crippen LogP contribution in [0.2, 0.25) is 0 Å². The summed E-state index contributed by atoms with van der Waals surface area (Å²) in [6.07, 6.45) is 3.66. The normalized spacial score (nSPS) is 12.6. The summed E-state index contributed by atoms with van der Waals surface area (Å²) in [4.78, 5) is 30.6. The molecule has 2 amide bonds. The van der Waals surface area contributed by atoms with Gasteiger partial charge in [-0.25, -0.2) is 4.98 Å². The first-order valence-corrected chi connectivity index (χ1v) is 12.3. The number of carbonyl (C=O) groups excluding carboxylic acids is 2. The van der Waals surface area contributed by atoms with Gasteiger partial charge in [0, 0.05) is 35.4 Å². The maximum absolute atomic E-state index is 13.0. The van der Waals surface area contributed by atoms with Gasteiger partial charge < -0.3 is 15.6 Å². The number of benzene rings is 1. The summed E-state index contributed by atoms with van der Waals surface area (Å²) >= 11 is 1.73. The van der Waals surface area contributed by atoms with Crippen LogP contribution in [0.25, 0.3) is 11.0 Å². The minimum Gasteiger partial charge on any atom is -0.370 e. The van der Waals surface area contributed by atoms with Crippen molar-refractivity contribution in [2.24, 2.45) is 11.7 Å². The zero-order chi connectivity index (χ0) is 23.3. The molecule has 1 aromatic carbocycles. The molecular weight excluding hydrogens is 420 g/mol. The number of nitrogens with zero attached hydrogens (tertiary/aromatic N) is 2. The van der Waals surface area contributed by atoms with E-state index in [0.29, 0.717) is 23.9 Å². The van der Waals surface area contributed by atoms with E-state index in [-0.39, 0.29) is 18.4 Å². The Morgan fingerprint density at radius 1 is 1.19 bits per heavy atom. The molecule has 0 saturated carbocycles. The van der Waals surface area contributed by atoms with E-state index in [1.165, 1.54) is 4.88 Å². The van der Waals surface area contributed by atoms with Gasteiger partial charge in [-0.05, 0) is 54.8 Å². The van der Waals surface area contributed by atoms with Gasteiger partial charge in [-0.3, -0.25) is 9.59 Å². The number of rotatable bonds is 11. The lowest BCUT2D eigenvalue weighted by atomic mass is 10.0. The molecule has 1 unspecified atom stereocenters. The molecule has 172 valence electrons. The third kappa shape index (κ3) is 5.76. The number of amides is 2. The lowest BCUT2D eigenvalue weighted by Gasteiger charge is -2.20. The predicted molar refractivity (Wildman–Crippen MR) is 131 cm³/mol. The van der Waals surface area contributed by atoms with Crippen molar-refractivity contribution in [3.8, 4) is 0 Å². The van der Waals surface area contributed by atoms with Gasteiger partial charge >= 0.3 is 0 Å². The van der Waals surface area contributed by atoms with Crippen molar-refractivity contribution in [1.82, 2.24) is 14.9 Å². The molecule has 0 aliphatic rings. The number of hydrogen-bond acceptors (Lipinski definition) is 4. The second-order valence-electron chi connectivity index (χ2n) is 8.80. The van der Waals surface area contributed by atoms with Crippen LogP contribution in [0.4, 0.5) is 0 Å². The van der Waals surface area contributed by atoms with Crippen LogP contribution in [-0.2, 0) is 11.2 Å². The van der Waals surface area contributed by atoms with E-state index in [0.717, 1.165) is 36.1 Å². The van der Waals surface area contributed by atoms with Crippen LogP contribution in [0, 0.1) is 5.92 Å². The number of imidazole rings is 1. The molecule has 0 fully saturated rings. The zero-order valence-corrected chi connectivity index (χ0v) is 20.2. The average Bonchev–Trinajstić information content (AvgIpc) is 3.36. The number of nitrogens with one attached hydrogen (secondary N) is 1. The second kappa shape index (κ2) is 10.8. The smallest absolute Gasteiger partial charge is 0.251 e. The average molecular weight is 455 g/mol. The molecule has 2 heterocycles. The van der Waals surface area contributed by atoms with Gasteiger partial charge in [0.15, 0.2) is 0 Å². The molecule has 32 heavy (non-hydrogen) atoms. The van der Waals surface area contributed by atoms with Gasteiger partial charge in [0.2, 0.25) is 5.91 Å². The first kappa shape index (κ1) is 24.0. The topological polar surface area (TPSA) is 90.0 Å². The summed E-state index contributed by atoms with van der Waals surface area (Å²) in [5, 5.41) is 5.08. The Morgan fingerprint density at radius 3 is 2.53 bits per heavy atom. The number of nitrogens with two attached hydrogens (primary N) is 1. The molecule has 3 aromatic rings. The van der Waals surface area contributed by atoms with Crippen molar-refractivity contribution in [1.29, 1.82) is 0 Å². The molecular formula is C25H34N4O2S. The van der Waals surface area contributed by atoms with Crippen LogP contribution >= 0.6 is 11.3 Å². The quantitative estimate of drug-likeness (QED) is 0.424. The summed E-state index contributed by atoms with van der Waals surface area (Å²) < 4.78 is 2.34. The van der Waals surface area contributed by atoms with E-state index in [4.69, 9.17) is 10.7 Å². The Bertz CT molecular complexity index is 1050. The molecule has 2 aromatic heterocycles. The van der Waals surface area contributed by atoms with Gasteiger partial charge in [-0.1, -0.05) is 33.8 Å². The lowest BCUT2D eigenvalue weighted by Crippen LogP contribution is -2.38. The van der Waals surface area contributed by atoms with Crippen LogP contribution in [0.5, 0.6) is 0 Å². The van der Waals surface area contributed by atoms with Gasteiger partial charge in [0.25, 0.3) is 5.91 Å². The zero-order valence-electron chi connectivity index (χ0n) is 19.4. The fraction of sp³-hybridized carbons (Fsp3) is 0.480. The molecule has 0 aliphatic carbocycles. The van der Waals surface area contributed by atoms with Crippen molar-refractivity contribution in [3.63, 3.8) is 0 Å². The Morgan fingerprint density at radius 2 is 1.94 bits per heavy atom. The van der Waals surface area contributed by atoms with E-state index in [2.05, 4.69) is 55.1 Å². The Kier molecular flexibility index (Phi) is 8.07. The monoisotopic (exact) mass is 454 g/mol. The highest BCUT2D eigenvalue weighted by Gasteiger charge is 2.21. The van der Waals surface area contributed by atoms with Gasteiger partial charge in [0.1, 0.15) is 5.82 Å². The molecule has 0 bridgehead atoms. The minimum absolute atomic E-state index is 0.139. The lowest BCUT2D eigenvalue weighted by molar-refractivity contribution is -0.118. The van der Waals surface area contributed by atoms with Crippen molar-refractivity contribution in [2.75, 3.05) is 0 Å². The maximum Gasteiger partial charge on any atom is 0.251 e. The number of primary amides is 1. The van der Waals surface area contributed by atoms with E-state index in [1.807, 2.05) is 18.2 Å². The van der Waals surface area contributed by atoms with Crippen LogP contribution in [0.3, 0.4) is 0 Å². The minimum atomic E-state index is -0.409. The van der Waals surface area contributed by atoms with Crippen molar-refractivity contribution < 1.29 is 9.59 Å². The van der Waals surface area contributed by atoms with Gasteiger partial charge in [-0.15, -0.1) is 11.3 Å². The SMILES string of the molecule is CCC(CC)n1c(Cc2cccs2)nc2cc(C(=O)NC(CC(N)=O)CC(C)C)ccc21. The van der Waals surface area contributed by atoms with Crippen molar-refractivity contribution in [2.45, 2.75) is 71.9 Å². The highest BCUT2D eigenvalue weighted by molar-refractivity contribution is 7.09. The van der Waals surface area contributed by atoms with Crippen LogP contribution < -0.4 is 11.1 Å². The Labute approximate surface area is 194 Å². The summed E-state index contributed by atoms with van der Waals surface area (Å²) in [7, 11) is 0. The van der Waals surface area contributed by atoms with E-state index >= 15 is 0 Å². The standard InChI is InChI=1S/C25H34N4O2S/c1-5-19(6-2)29-22-10-9-17(25(31)27-18(12-16(3)4)14-23(26)30)13-21(22)28-24(29)15-20-8-7-11-32-20/h7-11,13,16,18-19H,5-6,12,14-15H2,1-4H3,(H2,26,30)(H,27,31). The molecule has 1 atom stereocenters. The first-order chi connectivity index (χ1) is 15.3. The Balaban J connectivity index is 1.93. The second-order valence-corrected chi connectivity index (χ2v) is 9.83. The fourth-order valence-corrected chi connectivity index (χ4v) is 5.02. The molecule has 0 saturated heterocycles. The third-order valence-corrected chi connectivity index (χ3v) is 6.66. The fourth-order valence-electron chi connectivity index (χ4n) is 4.32. The summed E-state index contributed by atoms with van der Waals surface area (Å²) in [5.74, 6) is 0.766. The molecule has 6 nitrogen and oxygen atoms in total. The van der Waals surface area contributed by atoms with Crippen molar-refractivity contribution in [3.05, 3.63) is 52.0 Å². The van der Waals surface area contributed by atoms with Crippen LogP contribution in [0.1, 0.15) is 80.5 Å². The molecule has 0 spiro atoms. The highest BCUT2D eigenvalue weighted by Crippen LogP contribution is 2.28. The number of fused-ring (bicyclic) bond motifs is 1. The van der Waals surface area contributed by atoms with Crippen molar-refractivity contribution >= 4 is 34.2 Å². The molecule has 0 radical (unpaired) electrons. The summed E-state index contributed by atoms with van der Waals surface area (Å²) in [5.41, 5.74) is 7.81. The largest absolute Gasteiger partial charge is 0.370 e. The van der Waals surface area contributed by atoms with E-state index < -0.39 is 5.91 Å². The first-order valence-electron chi connectivity index (χ1n) is 11.4. The molecule has 7 heteroatoms. The highest BCUT2D eigenvalue weighted by atomic mass is 32.1. The number of hydrogen-bond donors (Lipinski definition) is 2. The number of thiophene rings is 1. The Hall–Kier alpha value is -2.67. The van der Waals surface area contributed by atoms with Crippen LogP contribution in [-0.4, -0.2) is 27.4 Å². The van der Waals surface area contributed by atoms with Gasteiger partial charge in [-0.2, -0.15) is 0 Å². The molecule has 0 aliphatic heterocycles. The number of carbonyl (C=O) groups is 2. The van der Waals surface area contributed by atoms with E-state index in [9.17, 15) is 9.59 Å². The maximum atomic E-state index is 13.0. The predicted octanol–water partition coefficient (Wildman–Crippen LogP) is 5.07. The summed E-state index contributed by atoms with van der Waals surface area (Å²) in [6.45, 7) is 8.52. The molecule has 3 N–H and O–H groups in total.